The van der Waals surface area contributed by atoms with Crippen molar-refractivity contribution in [3.8, 4) is 0 Å². The van der Waals surface area contributed by atoms with Crippen LogP contribution in [0.25, 0.3) is 0 Å². The van der Waals surface area contributed by atoms with Gasteiger partial charge in [-0.2, -0.15) is 0 Å². The molecule has 0 amide bonds. The smallest absolute Gasteiger partial charge is 0.0123 e. The molecule has 1 rings (SSSR count). The number of nitrogens with zero attached hydrogens (tertiary/aromatic N) is 1. The van der Waals surface area contributed by atoms with Crippen molar-refractivity contribution >= 4 is 22.6 Å². The molecule has 0 aromatic carbocycles. The average Bonchev–Trinajstić information content (AvgIpc) is 2.06. The molecule has 0 N–H and O–H groups in total. The van der Waals surface area contributed by atoms with E-state index in [0.717, 1.165) is 5.92 Å². The highest BCUT2D eigenvalue weighted by Crippen LogP contribution is 2.23. The molecule has 0 saturated heterocycles. The second-order valence-corrected chi connectivity index (χ2v) is 5.03. The minimum atomic E-state index is 1.01. The van der Waals surface area contributed by atoms with Crippen molar-refractivity contribution in [1.29, 1.82) is 0 Å². The molecule has 1 aliphatic carbocycles. The maximum atomic E-state index is 2.49. The molecule has 0 spiro atoms. The zero-order valence-corrected chi connectivity index (χ0v) is 10.2. The highest BCUT2D eigenvalue weighted by molar-refractivity contribution is 14.1. The predicted molar refractivity (Wildman–Crippen MR) is 63.0 cm³/mol. The molecule has 0 bridgehead atoms. The Morgan fingerprint density at radius 3 is 2.50 bits per heavy atom. The minimum absolute atomic E-state index is 1.01. The first kappa shape index (κ1) is 10.8. The summed E-state index contributed by atoms with van der Waals surface area (Å²) in [5, 5.41) is 0. The van der Waals surface area contributed by atoms with E-state index in [0.29, 0.717) is 0 Å². The molecule has 12 heavy (non-hydrogen) atoms. The highest BCUT2D eigenvalue weighted by Gasteiger charge is 2.14. The van der Waals surface area contributed by atoms with Crippen LogP contribution in [-0.2, 0) is 0 Å². The van der Waals surface area contributed by atoms with Crippen LogP contribution in [0.1, 0.15) is 32.1 Å². The van der Waals surface area contributed by atoms with Gasteiger partial charge in [0, 0.05) is 17.5 Å². The summed E-state index contributed by atoms with van der Waals surface area (Å²) in [7, 11) is 2.26. The maximum absolute atomic E-state index is 2.49. The van der Waals surface area contributed by atoms with Crippen LogP contribution in [0.15, 0.2) is 0 Å². The van der Waals surface area contributed by atoms with Gasteiger partial charge in [-0.25, -0.2) is 0 Å². The van der Waals surface area contributed by atoms with Crippen LogP contribution < -0.4 is 0 Å². The van der Waals surface area contributed by atoms with E-state index < -0.39 is 0 Å². The van der Waals surface area contributed by atoms with Crippen molar-refractivity contribution in [3.05, 3.63) is 0 Å². The Hall–Kier alpha value is 0.690. The lowest BCUT2D eigenvalue weighted by atomic mass is 9.89. The SMILES string of the molecule is CN(CCI)CC1CCCCC1. The average molecular weight is 281 g/mol. The van der Waals surface area contributed by atoms with Gasteiger partial charge in [-0.1, -0.05) is 41.9 Å². The second-order valence-electron chi connectivity index (χ2n) is 3.96. The lowest BCUT2D eigenvalue weighted by molar-refractivity contribution is 0.243. The van der Waals surface area contributed by atoms with Gasteiger partial charge < -0.3 is 4.90 Å². The van der Waals surface area contributed by atoms with E-state index in [2.05, 4.69) is 34.5 Å². The molecule has 72 valence electrons. The van der Waals surface area contributed by atoms with Crippen LogP contribution in [0.5, 0.6) is 0 Å². The number of halogens is 1. The lowest BCUT2D eigenvalue weighted by Crippen LogP contribution is -2.28. The Labute approximate surface area is 90.0 Å². The molecule has 0 unspecified atom stereocenters. The van der Waals surface area contributed by atoms with Crippen molar-refractivity contribution < 1.29 is 0 Å². The molecule has 0 radical (unpaired) electrons. The lowest BCUT2D eigenvalue weighted by Gasteiger charge is -2.26. The van der Waals surface area contributed by atoms with Gasteiger partial charge in [-0.05, 0) is 25.8 Å². The first-order chi connectivity index (χ1) is 5.83. The van der Waals surface area contributed by atoms with Crippen LogP contribution in [0, 0.1) is 5.92 Å². The van der Waals surface area contributed by atoms with Gasteiger partial charge in [0.2, 0.25) is 0 Å². The fourth-order valence-corrected chi connectivity index (χ4v) is 2.87. The van der Waals surface area contributed by atoms with E-state index in [1.54, 1.807) is 0 Å². The molecule has 0 atom stereocenters. The summed E-state index contributed by atoms with van der Waals surface area (Å²) in [5.74, 6) is 1.01. The number of hydrogen-bond donors (Lipinski definition) is 0. The molecule has 2 heteroatoms. The van der Waals surface area contributed by atoms with Gasteiger partial charge in [0.05, 0.1) is 0 Å². The first-order valence-electron chi connectivity index (χ1n) is 5.07. The normalized spacial score (nSPS) is 20.2. The molecule has 0 heterocycles. The molecular weight excluding hydrogens is 261 g/mol. The standard InChI is InChI=1S/C10H20IN/c1-12(8-7-11)9-10-5-3-2-4-6-10/h10H,2-9H2,1H3. The first-order valence-corrected chi connectivity index (χ1v) is 6.60. The van der Waals surface area contributed by atoms with Crippen molar-refractivity contribution in [3.63, 3.8) is 0 Å². The summed E-state index contributed by atoms with van der Waals surface area (Å²) < 4.78 is 1.26. The van der Waals surface area contributed by atoms with Crippen molar-refractivity contribution in [2.75, 3.05) is 24.6 Å². The third-order valence-corrected chi connectivity index (χ3v) is 3.24. The minimum Gasteiger partial charge on any atom is -0.305 e. The largest absolute Gasteiger partial charge is 0.305 e. The molecule has 1 aliphatic rings. The van der Waals surface area contributed by atoms with Gasteiger partial charge in [0.25, 0.3) is 0 Å². The molecule has 0 aliphatic heterocycles. The predicted octanol–water partition coefficient (Wildman–Crippen LogP) is 2.93. The summed E-state index contributed by atoms with van der Waals surface area (Å²) in [6.45, 7) is 2.60. The number of rotatable bonds is 4. The molecular formula is C10H20IN. The second kappa shape index (κ2) is 6.19. The molecule has 1 saturated carbocycles. The summed E-state index contributed by atoms with van der Waals surface area (Å²) >= 11 is 2.46. The van der Waals surface area contributed by atoms with E-state index in [1.807, 2.05) is 0 Å². The Morgan fingerprint density at radius 1 is 1.25 bits per heavy atom. The number of alkyl halides is 1. The van der Waals surface area contributed by atoms with E-state index >= 15 is 0 Å². The summed E-state index contributed by atoms with van der Waals surface area (Å²) in [6, 6.07) is 0. The van der Waals surface area contributed by atoms with Gasteiger partial charge in [-0.3, -0.25) is 0 Å². The molecule has 0 aromatic heterocycles. The van der Waals surface area contributed by atoms with E-state index in [4.69, 9.17) is 0 Å². The van der Waals surface area contributed by atoms with E-state index in [-0.39, 0.29) is 0 Å². The topological polar surface area (TPSA) is 3.24 Å². The highest BCUT2D eigenvalue weighted by atomic mass is 127. The van der Waals surface area contributed by atoms with Gasteiger partial charge in [-0.15, -0.1) is 0 Å². The van der Waals surface area contributed by atoms with Crippen LogP contribution >= 0.6 is 22.6 Å². The summed E-state index contributed by atoms with van der Waals surface area (Å²) in [5.41, 5.74) is 0. The van der Waals surface area contributed by atoms with Gasteiger partial charge in [0.1, 0.15) is 0 Å². The Kier molecular flexibility index (Phi) is 5.56. The van der Waals surface area contributed by atoms with Crippen molar-refractivity contribution in [1.82, 2.24) is 4.90 Å². The Morgan fingerprint density at radius 2 is 1.92 bits per heavy atom. The zero-order valence-electron chi connectivity index (χ0n) is 8.06. The zero-order chi connectivity index (χ0) is 8.81. The summed E-state index contributed by atoms with van der Waals surface area (Å²) in [4.78, 5) is 2.49. The molecule has 1 fully saturated rings. The fourth-order valence-electron chi connectivity index (χ4n) is 2.05. The molecule has 0 aromatic rings. The van der Waals surface area contributed by atoms with Crippen molar-refractivity contribution in [2.24, 2.45) is 5.92 Å². The van der Waals surface area contributed by atoms with Crippen LogP contribution in [0.3, 0.4) is 0 Å². The Balaban J connectivity index is 2.11. The van der Waals surface area contributed by atoms with Gasteiger partial charge >= 0.3 is 0 Å². The fraction of sp³-hybridized carbons (Fsp3) is 1.00. The van der Waals surface area contributed by atoms with E-state index in [9.17, 15) is 0 Å². The van der Waals surface area contributed by atoms with Crippen LogP contribution in [-0.4, -0.2) is 29.5 Å². The van der Waals surface area contributed by atoms with Crippen LogP contribution in [0.4, 0.5) is 0 Å². The van der Waals surface area contributed by atoms with Crippen LogP contribution in [0.2, 0.25) is 0 Å². The Bertz CT molecular complexity index is 110. The monoisotopic (exact) mass is 281 g/mol. The third kappa shape index (κ3) is 4.08. The maximum Gasteiger partial charge on any atom is 0.0123 e. The molecule has 1 nitrogen and oxygen atoms in total. The number of hydrogen-bond acceptors (Lipinski definition) is 1. The third-order valence-electron chi connectivity index (χ3n) is 2.76. The van der Waals surface area contributed by atoms with Crippen molar-refractivity contribution in [2.45, 2.75) is 32.1 Å². The quantitative estimate of drug-likeness (QED) is 0.565. The summed E-state index contributed by atoms with van der Waals surface area (Å²) in [6.07, 6.45) is 7.38. The van der Waals surface area contributed by atoms with E-state index in [1.165, 1.54) is 49.6 Å². The van der Waals surface area contributed by atoms with Gasteiger partial charge in [0.15, 0.2) is 0 Å².